The minimum absolute atomic E-state index is 0.00280. The number of likely N-dealkylation sites (tertiary alicyclic amines) is 1. The van der Waals surface area contributed by atoms with Crippen molar-refractivity contribution in [1.29, 1.82) is 0 Å². The normalized spacial score (nSPS) is 24.2. The zero-order valence-corrected chi connectivity index (χ0v) is 15.7. The quantitative estimate of drug-likeness (QED) is 0.786. The summed E-state index contributed by atoms with van der Waals surface area (Å²) in [6.45, 7) is 9.24. The van der Waals surface area contributed by atoms with E-state index in [9.17, 15) is 14.4 Å². The van der Waals surface area contributed by atoms with Gasteiger partial charge in [0.25, 0.3) is 0 Å². The molecule has 2 aliphatic heterocycles. The van der Waals surface area contributed by atoms with E-state index in [0.717, 1.165) is 6.42 Å². The summed E-state index contributed by atoms with van der Waals surface area (Å²) in [6.07, 6.45) is 0.746. The highest BCUT2D eigenvalue weighted by Crippen LogP contribution is 2.27. The Morgan fingerprint density at radius 2 is 1.96 bits per heavy atom. The van der Waals surface area contributed by atoms with Gasteiger partial charge in [-0.25, -0.2) is 4.79 Å². The van der Waals surface area contributed by atoms with E-state index in [2.05, 4.69) is 10.6 Å². The molecule has 24 heavy (non-hydrogen) atoms. The van der Waals surface area contributed by atoms with Crippen LogP contribution in [0.3, 0.4) is 0 Å². The first-order chi connectivity index (χ1) is 11.2. The first kappa shape index (κ1) is 18.9. The van der Waals surface area contributed by atoms with E-state index in [-0.39, 0.29) is 23.9 Å². The number of urea groups is 1. The molecule has 0 bridgehead atoms. The lowest BCUT2D eigenvalue weighted by atomic mass is 9.94. The first-order valence-electron chi connectivity index (χ1n) is 8.46. The van der Waals surface area contributed by atoms with Crippen molar-refractivity contribution in [2.75, 3.05) is 31.3 Å². The van der Waals surface area contributed by atoms with Gasteiger partial charge in [0, 0.05) is 36.8 Å². The van der Waals surface area contributed by atoms with Gasteiger partial charge in [-0.1, -0.05) is 20.8 Å². The summed E-state index contributed by atoms with van der Waals surface area (Å²) in [6, 6.07) is -0.548. The van der Waals surface area contributed by atoms with Crippen molar-refractivity contribution in [2.45, 2.75) is 46.2 Å². The van der Waals surface area contributed by atoms with Crippen molar-refractivity contribution >= 4 is 29.6 Å². The van der Waals surface area contributed by atoms with E-state index in [0.29, 0.717) is 31.3 Å². The molecule has 136 valence electrons. The predicted molar refractivity (Wildman–Crippen MR) is 94.6 cm³/mol. The number of amides is 4. The van der Waals surface area contributed by atoms with Crippen LogP contribution in [0.15, 0.2) is 0 Å². The second-order valence-corrected chi connectivity index (χ2v) is 8.32. The number of nitrogens with one attached hydrogen (secondary N) is 2. The molecule has 2 rings (SSSR count). The molecule has 2 aliphatic rings. The van der Waals surface area contributed by atoms with Crippen LogP contribution >= 0.6 is 11.8 Å². The Labute approximate surface area is 147 Å². The summed E-state index contributed by atoms with van der Waals surface area (Å²) >= 11 is 1.60. The maximum atomic E-state index is 12.6. The second kappa shape index (κ2) is 7.63. The SMILES string of the molecule is CCNC(=O)N1CCC(NC(=O)C2CSCN2C(=O)C(C)(C)C)C1. The third-order valence-electron chi connectivity index (χ3n) is 4.24. The Hall–Kier alpha value is -1.44. The molecular weight excluding hydrogens is 328 g/mol. The highest BCUT2D eigenvalue weighted by atomic mass is 32.2. The van der Waals surface area contributed by atoms with Gasteiger partial charge < -0.3 is 20.4 Å². The van der Waals surface area contributed by atoms with Crippen LogP contribution in [-0.4, -0.2) is 71.0 Å². The van der Waals surface area contributed by atoms with Crippen LogP contribution in [0, 0.1) is 5.41 Å². The molecule has 0 spiro atoms. The fraction of sp³-hybridized carbons (Fsp3) is 0.812. The van der Waals surface area contributed by atoms with E-state index >= 15 is 0 Å². The van der Waals surface area contributed by atoms with Crippen LogP contribution in [0.1, 0.15) is 34.1 Å². The fourth-order valence-electron chi connectivity index (χ4n) is 2.91. The molecule has 2 unspecified atom stereocenters. The van der Waals surface area contributed by atoms with Crippen molar-refractivity contribution < 1.29 is 14.4 Å². The Balaban J connectivity index is 1.90. The smallest absolute Gasteiger partial charge is 0.317 e. The number of thioether (sulfide) groups is 1. The molecule has 8 heteroatoms. The highest BCUT2D eigenvalue weighted by molar-refractivity contribution is 7.99. The van der Waals surface area contributed by atoms with Gasteiger partial charge in [0.1, 0.15) is 6.04 Å². The number of carbonyl (C=O) groups excluding carboxylic acids is 3. The van der Waals surface area contributed by atoms with Crippen LogP contribution in [-0.2, 0) is 9.59 Å². The van der Waals surface area contributed by atoms with Crippen molar-refractivity contribution in [3.05, 3.63) is 0 Å². The summed E-state index contributed by atoms with van der Waals surface area (Å²) in [7, 11) is 0. The van der Waals surface area contributed by atoms with Crippen molar-refractivity contribution in [3.63, 3.8) is 0 Å². The second-order valence-electron chi connectivity index (χ2n) is 7.32. The lowest BCUT2D eigenvalue weighted by molar-refractivity contribution is -0.144. The number of hydrogen-bond acceptors (Lipinski definition) is 4. The lowest BCUT2D eigenvalue weighted by Gasteiger charge is -2.30. The van der Waals surface area contributed by atoms with E-state index in [4.69, 9.17) is 0 Å². The topological polar surface area (TPSA) is 81.8 Å². The van der Waals surface area contributed by atoms with Gasteiger partial charge in [-0.15, -0.1) is 11.8 Å². The van der Waals surface area contributed by atoms with Crippen molar-refractivity contribution in [3.8, 4) is 0 Å². The monoisotopic (exact) mass is 356 g/mol. The molecule has 2 heterocycles. The third-order valence-corrected chi connectivity index (χ3v) is 5.25. The number of rotatable bonds is 3. The van der Waals surface area contributed by atoms with Crippen LogP contribution in [0.2, 0.25) is 0 Å². The molecule has 0 aliphatic carbocycles. The minimum atomic E-state index is -0.494. The zero-order chi connectivity index (χ0) is 17.9. The summed E-state index contributed by atoms with van der Waals surface area (Å²) in [5.74, 6) is 1.08. The van der Waals surface area contributed by atoms with Gasteiger partial charge in [-0.3, -0.25) is 9.59 Å². The lowest BCUT2D eigenvalue weighted by Crippen LogP contribution is -2.52. The Bertz CT molecular complexity index is 506. The third kappa shape index (κ3) is 4.34. The summed E-state index contributed by atoms with van der Waals surface area (Å²) in [5, 5.41) is 5.79. The fourth-order valence-corrected chi connectivity index (χ4v) is 4.07. The number of hydrogen-bond donors (Lipinski definition) is 2. The standard InChI is InChI=1S/C16H28N4O3S/c1-5-17-15(23)19-7-6-11(8-19)18-13(21)12-9-24-10-20(12)14(22)16(2,3)4/h11-12H,5-10H2,1-4H3,(H,17,23)(H,18,21). The maximum Gasteiger partial charge on any atom is 0.317 e. The molecule has 4 amide bonds. The van der Waals surface area contributed by atoms with E-state index < -0.39 is 11.5 Å². The number of nitrogens with zero attached hydrogens (tertiary/aromatic N) is 2. The first-order valence-corrected chi connectivity index (χ1v) is 9.61. The average molecular weight is 356 g/mol. The molecule has 7 nitrogen and oxygen atoms in total. The molecule has 0 aromatic heterocycles. The predicted octanol–water partition coefficient (Wildman–Crippen LogP) is 0.854. The Morgan fingerprint density at radius 1 is 1.25 bits per heavy atom. The van der Waals surface area contributed by atoms with Crippen LogP contribution in [0.4, 0.5) is 4.79 Å². The van der Waals surface area contributed by atoms with E-state index in [1.54, 1.807) is 21.6 Å². The molecule has 2 atom stereocenters. The molecule has 2 N–H and O–H groups in total. The van der Waals surface area contributed by atoms with E-state index in [1.165, 1.54) is 0 Å². The largest absolute Gasteiger partial charge is 0.350 e. The zero-order valence-electron chi connectivity index (χ0n) is 14.9. The van der Waals surface area contributed by atoms with Crippen LogP contribution in [0.5, 0.6) is 0 Å². The maximum absolute atomic E-state index is 12.6. The molecule has 2 saturated heterocycles. The van der Waals surface area contributed by atoms with Gasteiger partial charge >= 0.3 is 6.03 Å². The Morgan fingerprint density at radius 3 is 2.58 bits per heavy atom. The van der Waals surface area contributed by atoms with E-state index in [1.807, 2.05) is 27.7 Å². The van der Waals surface area contributed by atoms with Crippen molar-refractivity contribution in [1.82, 2.24) is 20.4 Å². The summed E-state index contributed by atoms with van der Waals surface area (Å²) in [4.78, 5) is 40.3. The van der Waals surface area contributed by atoms with Gasteiger partial charge in [0.2, 0.25) is 11.8 Å². The molecule has 2 fully saturated rings. The van der Waals surface area contributed by atoms with Crippen LogP contribution < -0.4 is 10.6 Å². The van der Waals surface area contributed by atoms with Crippen molar-refractivity contribution in [2.24, 2.45) is 5.41 Å². The minimum Gasteiger partial charge on any atom is -0.350 e. The number of carbonyl (C=O) groups is 3. The van der Waals surface area contributed by atoms with Gasteiger partial charge in [-0.2, -0.15) is 0 Å². The Kier molecular flexibility index (Phi) is 6.01. The highest BCUT2D eigenvalue weighted by Gasteiger charge is 2.40. The molecule has 0 aromatic carbocycles. The molecule has 0 radical (unpaired) electrons. The average Bonchev–Trinajstić information content (AvgIpc) is 3.14. The van der Waals surface area contributed by atoms with Crippen LogP contribution in [0.25, 0.3) is 0 Å². The molecule has 0 saturated carbocycles. The molecule has 0 aromatic rings. The summed E-state index contributed by atoms with van der Waals surface area (Å²) < 4.78 is 0. The van der Waals surface area contributed by atoms with Gasteiger partial charge in [-0.05, 0) is 13.3 Å². The molecular formula is C16H28N4O3S. The van der Waals surface area contributed by atoms with Gasteiger partial charge in [0.15, 0.2) is 0 Å². The summed E-state index contributed by atoms with van der Waals surface area (Å²) in [5.41, 5.74) is -0.494. The van der Waals surface area contributed by atoms with Gasteiger partial charge in [0.05, 0.1) is 5.88 Å².